The SMILES string of the molecule is C[C@@H](NCC(=O)OC(C)(C)C)C(=O)c1ccccc1. The Bertz CT molecular complexity index is 434. The van der Waals surface area contributed by atoms with Crippen molar-refractivity contribution in [3.63, 3.8) is 0 Å². The van der Waals surface area contributed by atoms with Crippen molar-refractivity contribution < 1.29 is 14.3 Å². The summed E-state index contributed by atoms with van der Waals surface area (Å²) >= 11 is 0. The van der Waals surface area contributed by atoms with Gasteiger partial charge in [0.15, 0.2) is 5.78 Å². The molecule has 0 saturated heterocycles. The van der Waals surface area contributed by atoms with E-state index in [1.54, 1.807) is 19.1 Å². The Balaban J connectivity index is 2.46. The number of Topliss-reactive ketones (excluding diaryl/α,β-unsaturated/α-hetero) is 1. The summed E-state index contributed by atoms with van der Waals surface area (Å²) in [5.41, 5.74) is 0.123. The number of ketones is 1. The van der Waals surface area contributed by atoms with Gasteiger partial charge in [0, 0.05) is 5.56 Å². The van der Waals surface area contributed by atoms with Crippen molar-refractivity contribution in [1.29, 1.82) is 0 Å². The predicted molar refractivity (Wildman–Crippen MR) is 74.1 cm³/mol. The van der Waals surface area contributed by atoms with E-state index < -0.39 is 11.6 Å². The molecule has 0 spiro atoms. The lowest BCUT2D eigenvalue weighted by atomic mass is 10.1. The minimum Gasteiger partial charge on any atom is -0.459 e. The van der Waals surface area contributed by atoms with Crippen LogP contribution < -0.4 is 5.32 Å². The van der Waals surface area contributed by atoms with Gasteiger partial charge in [-0.25, -0.2) is 0 Å². The molecular formula is C15H21NO3. The van der Waals surface area contributed by atoms with Crippen molar-refractivity contribution >= 4 is 11.8 Å². The Labute approximate surface area is 114 Å². The predicted octanol–water partition coefficient (Wildman–Crippen LogP) is 2.19. The van der Waals surface area contributed by atoms with Gasteiger partial charge >= 0.3 is 5.97 Å². The molecule has 104 valence electrons. The largest absolute Gasteiger partial charge is 0.459 e. The van der Waals surface area contributed by atoms with Crippen molar-refractivity contribution in [2.24, 2.45) is 0 Å². The number of ether oxygens (including phenoxy) is 1. The lowest BCUT2D eigenvalue weighted by Gasteiger charge is -2.20. The van der Waals surface area contributed by atoms with Crippen LogP contribution in [0.4, 0.5) is 0 Å². The summed E-state index contributed by atoms with van der Waals surface area (Å²) in [4.78, 5) is 23.6. The fourth-order valence-electron chi connectivity index (χ4n) is 1.56. The zero-order valence-electron chi connectivity index (χ0n) is 11.9. The van der Waals surface area contributed by atoms with E-state index in [2.05, 4.69) is 5.32 Å². The van der Waals surface area contributed by atoms with E-state index >= 15 is 0 Å². The minimum atomic E-state index is -0.508. The van der Waals surface area contributed by atoms with Crippen LogP contribution in [0.1, 0.15) is 38.1 Å². The van der Waals surface area contributed by atoms with E-state index in [0.29, 0.717) is 5.56 Å². The second-order valence-corrected chi connectivity index (χ2v) is 5.42. The molecule has 0 fully saturated rings. The molecule has 0 bridgehead atoms. The van der Waals surface area contributed by atoms with Gasteiger partial charge < -0.3 is 4.74 Å². The number of carbonyl (C=O) groups is 2. The van der Waals surface area contributed by atoms with E-state index in [1.807, 2.05) is 39.0 Å². The Morgan fingerprint density at radius 2 is 1.79 bits per heavy atom. The van der Waals surface area contributed by atoms with Crippen LogP contribution in [-0.4, -0.2) is 29.9 Å². The highest BCUT2D eigenvalue weighted by molar-refractivity contribution is 6.00. The van der Waals surface area contributed by atoms with Crippen LogP contribution >= 0.6 is 0 Å². The van der Waals surface area contributed by atoms with Gasteiger partial charge in [-0.15, -0.1) is 0 Å². The van der Waals surface area contributed by atoms with Crippen LogP contribution in [-0.2, 0) is 9.53 Å². The van der Waals surface area contributed by atoms with Crippen LogP contribution in [0.25, 0.3) is 0 Å². The summed E-state index contributed by atoms with van der Waals surface area (Å²) in [5.74, 6) is -0.399. The van der Waals surface area contributed by atoms with Crippen molar-refractivity contribution in [3.8, 4) is 0 Å². The zero-order valence-corrected chi connectivity index (χ0v) is 11.9. The van der Waals surface area contributed by atoms with Gasteiger partial charge in [-0.3, -0.25) is 14.9 Å². The van der Waals surface area contributed by atoms with E-state index in [4.69, 9.17) is 4.74 Å². The Kier molecular flexibility index (Phi) is 5.24. The molecule has 0 radical (unpaired) electrons. The number of esters is 1. The molecule has 1 atom stereocenters. The summed E-state index contributed by atoms with van der Waals surface area (Å²) in [6, 6.07) is 8.58. The van der Waals surface area contributed by atoms with E-state index in [0.717, 1.165) is 0 Å². The highest BCUT2D eigenvalue weighted by Crippen LogP contribution is 2.07. The van der Waals surface area contributed by atoms with Gasteiger partial charge in [-0.05, 0) is 27.7 Å². The first kappa shape index (κ1) is 15.4. The molecule has 0 saturated carbocycles. The molecular weight excluding hydrogens is 242 g/mol. The second-order valence-electron chi connectivity index (χ2n) is 5.42. The molecule has 0 amide bonds. The molecule has 1 N–H and O–H groups in total. The van der Waals surface area contributed by atoms with Crippen LogP contribution in [0, 0.1) is 0 Å². The fourth-order valence-corrected chi connectivity index (χ4v) is 1.56. The third-order valence-electron chi connectivity index (χ3n) is 2.42. The lowest BCUT2D eigenvalue weighted by molar-refractivity contribution is -0.153. The van der Waals surface area contributed by atoms with E-state index in [1.165, 1.54) is 0 Å². The molecule has 4 nitrogen and oxygen atoms in total. The van der Waals surface area contributed by atoms with Crippen molar-refractivity contribution in [2.75, 3.05) is 6.54 Å². The molecule has 0 aliphatic carbocycles. The Morgan fingerprint density at radius 1 is 1.21 bits per heavy atom. The van der Waals surface area contributed by atoms with Gasteiger partial charge in [0.1, 0.15) is 5.60 Å². The molecule has 0 aliphatic heterocycles. The molecule has 0 unspecified atom stereocenters. The first-order valence-corrected chi connectivity index (χ1v) is 6.34. The first-order valence-electron chi connectivity index (χ1n) is 6.34. The lowest BCUT2D eigenvalue weighted by Crippen LogP contribution is -2.39. The van der Waals surface area contributed by atoms with Crippen LogP contribution in [0.15, 0.2) is 30.3 Å². The number of carbonyl (C=O) groups excluding carboxylic acids is 2. The molecule has 0 heterocycles. The van der Waals surface area contributed by atoms with E-state index in [9.17, 15) is 9.59 Å². The van der Waals surface area contributed by atoms with Crippen LogP contribution in [0.5, 0.6) is 0 Å². The second kappa shape index (κ2) is 6.48. The van der Waals surface area contributed by atoms with Gasteiger partial charge in [-0.2, -0.15) is 0 Å². The number of hydrogen-bond acceptors (Lipinski definition) is 4. The maximum absolute atomic E-state index is 12.0. The van der Waals surface area contributed by atoms with Gasteiger partial charge in [0.2, 0.25) is 0 Å². The van der Waals surface area contributed by atoms with Gasteiger partial charge in [0.25, 0.3) is 0 Å². The Hall–Kier alpha value is -1.68. The highest BCUT2D eigenvalue weighted by atomic mass is 16.6. The summed E-state index contributed by atoms with van der Waals surface area (Å²) in [6.07, 6.45) is 0. The van der Waals surface area contributed by atoms with Crippen molar-refractivity contribution in [3.05, 3.63) is 35.9 Å². The maximum Gasteiger partial charge on any atom is 0.320 e. The monoisotopic (exact) mass is 263 g/mol. The summed E-state index contributed by atoms with van der Waals surface area (Å²) < 4.78 is 5.16. The molecule has 0 aliphatic rings. The number of benzene rings is 1. The smallest absolute Gasteiger partial charge is 0.320 e. The van der Waals surface area contributed by atoms with Gasteiger partial charge in [0.05, 0.1) is 12.6 Å². The Morgan fingerprint density at radius 3 is 2.32 bits per heavy atom. The molecule has 1 rings (SSSR count). The number of nitrogens with one attached hydrogen (secondary N) is 1. The third-order valence-corrected chi connectivity index (χ3v) is 2.42. The fraction of sp³-hybridized carbons (Fsp3) is 0.467. The highest BCUT2D eigenvalue weighted by Gasteiger charge is 2.19. The molecule has 1 aromatic carbocycles. The average Bonchev–Trinajstić information content (AvgIpc) is 2.34. The molecule has 4 heteroatoms. The average molecular weight is 263 g/mol. The van der Waals surface area contributed by atoms with Crippen LogP contribution in [0.3, 0.4) is 0 Å². The minimum absolute atomic E-state index is 0.0248. The summed E-state index contributed by atoms with van der Waals surface area (Å²) in [5, 5.41) is 2.88. The van der Waals surface area contributed by atoms with Gasteiger partial charge in [-0.1, -0.05) is 30.3 Å². The summed E-state index contributed by atoms with van der Waals surface area (Å²) in [7, 11) is 0. The normalized spacial score (nSPS) is 12.8. The molecule has 0 aromatic heterocycles. The number of hydrogen-bond donors (Lipinski definition) is 1. The first-order chi connectivity index (χ1) is 8.79. The zero-order chi connectivity index (χ0) is 14.5. The maximum atomic E-state index is 12.0. The standard InChI is InChI=1S/C15H21NO3/c1-11(14(18)12-8-6-5-7-9-12)16-10-13(17)19-15(2,3)4/h5-9,11,16H,10H2,1-4H3/t11-/m1/s1. The third kappa shape index (κ3) is 5.66. The molecule has 19 heavy (non-hydrogen) atoms. The van der Waals surface area contributed by atoms with E-state index in [-0.39, 0.29) is 18.3 Å². The number of rotatable bonds is 5. The topological polar surface area (TPSA) is 55.4 Å². The van der Waals surface area contributed by atoms with Crippen molar-refractivity contribution in [2.45, 2.75) is 39.3 Å². The van der Waals surface area contributed by atoms with Crippen molar-refractivity contribution in [1.82, 2.24) is 5.32 Å². The quantitative estimate of drug-likeness (QED) is 0.653. The molecule has 1 aromatic rings. The summed E-state index contributed by atoms with van der Waals surface area (Å²) in [6.45, 7) is 7.19. The van der Waals surface area contributed by atoms with Crippen LogP contribution in [0.2, 0.25) is 0 Å².